The second-order valence-electron chi connectivity index (χ2n) is 4.53. The fourth-order valence-electron chi connectivity index (χ4n) is 1.62. The van der Waals surface area contributed by atoms with Gasteiger partial charge in [-0.05, 0) is 26.3 Å². The van der Waals surface area contributed by atoms with Gasteiger partial charge in [-0.15, -0.1) is 0 Å². The Morgan fingerprint density at radius 1 is 1.44 bits per heavy atom. The van der Waals surface area contributed by atoms with Gasteiger partial charge in [0.15, 0.2) is 0 Å². The van der Waals surface area contributed by atoms with E-state index in [0.29, 0.717) is 12.5 Å². The van der Waals surface area contributed by atoms with E-state index in [0.717, 1.165) is 24.6 Å². The summed E-state index contributed by atoms with van der Waals surface area (Å²) in [6.07, 6.45) is 0. The summed E-state index contributed by atoms with van der Waals surface area (Å²) in [4.78, 5) is 16.0. The third kappa shape index (κ3) is 3.77. The van der Waals surface area contributed by atoms with Crippen LogP contribution in [0.5, 0.6) is 0 Å². The minimum Gasteiger partial charge on any atom is -0.315 e. The molecule has 0 fully saturated rings. The molecule has 0 aliphatic rings. The normalized spacial score (nSPS) is 11.1. The zero-order chi connectivity index (χ0) is 12.1. The molecule has 1 aromatic heterocycles. The molecule has 0 amide bonds. The van der Waals surface area contributed by atoms with Crippen molar-refractivity contribution in [3.63, 3.8) is 0 Å². The van der Waals surface area contributed by atoms with Crippen LogP contribution in [0.15, 0.2) is 10.9 Å². The van der Waals surface area contributed by atoms with Crippen LogP contribution < -0.4 is 10.9 Å². The number of aryl methyl sites for hydroxylation is 2. The summed E-state index contributed by atoms with van der Waals surface area (Å²) in [5.41, 5.74) is 0.824. The Balaban J connectivity index is 2.57. The van der Waals surface area contributed by atoms with Crippen LogP contribution in [-0.4, -0.2) is 22.6 Å². The van der Waals surface area contributed by atoms with Crippen molar-refractivity contribution in [1.29, 1.82) is 0 Å². The lowest BCUT2D eigenvalue weighted by Crippen LogP contribution is -2.30. The van der Waals surface area contributed by atoms with Gasteiger partial charge in [0.05, 0.1) is 0 Å². The Morgan fingerprint density at radius 2 is 2.12 bits per heavy atom. The van der Waals surface area contributed by atoms with Crippen LogP contribution in [0, 0.1) is 19.8 Å². The van der Waals surface area contributed by atoms with Crippen molar-refractivity contribution >= 4 is 0 Å². The zero-order valence-corrected chi connectivity index (χ0v) is 10.6. The molecule has 0 saturated carbocycles. The van der Waals surface area contributed by atoms with Crippen molar-refractivity contribution in [2.75, 3.05) is 13.1 Å². The number of rotatable bonds is 5. The summed E-state index contributed by atoms with van der Waals surface area (Å²) in [5.74, 6) is 1.42. The van der Waals surface area contributed by atoms with Gasteiger partial charge in [-0.25, -0.2) is 4.98 Å². The molecule has 90 valence electrons. The Morgan fingerprint density at radius 3 is 2.69 bits per heavy atom. The molecular weight excluding hydrogens is 202 g/mol. The number of hydrogen-bond donors (Lipinski definition) is 1. The van der Waals surface area contributed by atoms with Gasteiger partial charge in [0.25, 0.3) is 5.56 Å². The van der Waals surface area contributed by atoms with Crippen molar-refractivity contribution in [3.05, 3.63) is 27.9 Å². The van der Waals surface area contributed by atoms with E-state index in [-0.39, 0.29) is 5.56 Å². The molecule has 0 radical (unpaired) electrons. The van der Waals surface area contributed by atoms with Crippen molar-refractivity contribution in [2.24, 2.45) is 5.92 Å². The largest absolute Gasteiger partial charge is 0.315 e. The highest BCUT2D eigenvalue weighted by molar-refractivity contribution is 5.01. The third-order valence-corrected chi connectivity index (χ3v) is 2.39. The molecule has 1 N–H and O–H groups in total. The first-order chi connectivity index (χ1) is 7.50. The van der Waals surface area contributed by atoms with Gasteiger partial charge in [0, 0.05) is 24.8 Å². The first-order valence-electron chi connectivity index (χ1n) is 5.76. The van der Waals surface area contributed by atoms with E-state index in [1.165, 1.54) is 0 Å². The first-order valence-corrected chi connectivity index (χ1v) is 5.76. The summed E-state index contributed by atoms with van der Waals surface area (Å²) in [5, 5.41) is 3.31. The molecule has 0 bridgehead atoms. The summed E-state index contributed by atoms with van der Waals surface area (Å²) in [6, 6.07) is 1.58. The van der Waals surface area contributed by atoms with Crippen LogP contribution in [-0.2, 0) is 6.54 Å². The molecular formula is C12H21N3O. The highest BCUT2D eigenvalue weighted by Gasteiger charge is 2.02. The second-order valence-corrected chi connectivity index (χ2v) is 4.53. The van der Waals surface area contributed by atoms with Crippen molar-refractivity contribution in [2.45, 2.75) is 34.2 Å². The number of aromatic nitrogens is 2. The number of nitrogens with one attached hydrogen (secondary N) is 1. The van der Waals surface area contributed by atoms with Gasteiger partial charge in [0.2, 0.25) is 0 Å². The van der Waals surface area contributed by atoms with E-state index in [1.54, 1.807) is 10.6 Å². The van der Waals surface area contributed by atoms with E-state index in [2.05, 4.69) is 24.1 Å². The fraction of sp³-hybridized carbons (Fsp3) is 0.667. The van der Waals surface area contributed by atoms with Gasteiger partial charge in [0.1, 0.15) is 5.82 Å². The van der Waals surface area contributed by atoms with Gasteiger partial charge in [-0.3, -0.25) is 9.36 Å². The van der Waals surface area contributed by atoms with E-state index in [9.17, 15) is 4.79 Å². The van der Waals surface area contributed by atoms with E-state index in [1.807, 2.05) is 13.8 Å². The van der Waals surface area contributed by atoms with Crippen molar-refractivity contribution < 1.29 is 0 Å². The van der Waals surface area contributed by atoms with Crippen molar-refractivity contribution in [1.82, 2.24) is 14.9 Å². The summed E-state index contributed by atoms with van der Waals surface area (Å²) >= 11 is 0. The minimum atomic E-state index is 0.0383. The molecule has 0 spiro atoms. The topological polar surface area (TPSA) is 46.9 Å². The highest BCUT2D eigenvalue weighted by Crippen LogP contribution is 1.93. The van der Waals surface area contributed by atoms with Gasteiger partial charge < -0.3 is 5.32 Å². The molecule has 1 rings (SSSR count). The van der Waals surface area contributed by atoms with E-state index >= 15 is 0 Å². The number of nitrogens with zero attached hydrogens (tertiary/aromatic N) is 2. The lowest BCUT2D eigenvalue weighted by atomic mass is 10.2. The molecule has 16 heavy (non-hydrogen) atoms. The average molecular weight is 223 g/mol. The molecule has 0 aromatic carbocycles. The standard InChI is InChI=1S/C12H21N3O/c1-9(2)8-13-5-6-15-11(4)14-10(3)7-12(15)16/h7,9,13H,5-6,8H2,1-4H3. The van der Waals surface area contributed by atoms with Crippen LogP contribution in [0.25, 0.3) is 0 Å². The van der Waals surface area contributed by atoms with Gasteiger partial charge in [-0.2, -0.15) is 0 Å². The lowest BCUT2D eigenvalue weighted by molar-refractivity contribution is 0.511. The molecule has 4 nitrogen and oxygen atoms in total. The Hall–Kier alpha value is -1.16. The summed E-state index contributed by atoms with van der Waals surface area (Å²) in [6.45, 7) is 10.5. The Kier molecular flexibility index (Phi) is 4.68. The molecule has 0 saturated heterocycles. The smallest absolute Gasteiger partial charge is 0.253 e. The monoisotopic (exact) mass is 223 g/mol. The maximum absolute atomic E-state index is 11.7. The molecule has 0 aliphatic carbocycles. The molecule has 0 unspecified atom stereocenters. The molecule has 0 atom stereocenters. The van der Waals surface area contributed by atoms with Crippen LogP contribution in [0.4, 0.5) is 0 Å². The van der Waals surface area contributed by atoms with E-state index < -0.39 is 0 Å². The van der Waals surface area contributed by atoms with Gasteiger partial charge in [-0.1, -0.05) is 13.8 Å². The Bertz CT molecular complexity index is 396. The lowest BCUT2D eigenvalue weighted by Gasteiger charge is -2.11. The predicted octanol–water partition coefficient (Wildman–Crippen LogP) is 1.11. The second kappa shape index (κ2) is 5.80. The van der Waals surface area contributed by atoms with Crippen LogP contribution in [0.1, 0.15) is 25.4 Å². The predicted molar refractivity (Wildman–Crippen MR) is 65.7 cm³/mol. The van der Waals surface area contributed by atoms with Crippen LogP contribution in [0.2, 0.25) is 0 Å². The molecule has 1 heterocycles. The van der Waals surface area contributed by atoms with E-state index in [4.69, 9.17) is 0 Å². The maximum atomic E-state index is 11.7. The minimum absolute atomic E-state index is 0.0383. The number of hydrogen-bond acceptors (Lipinski definition) is 3. The Labute approximate surface area is 96.7 Å². The van der Waals surface area contributed by atoms with Gasteiger partial charge >= 0.3 is 0 Å². The molecule has 1 aromatic rings. The SMILES string of the molecule is Cc1cc(=O)n(CCNCC(C)C)c(C)n1. The highest BCUT2D eigenvalue weighted by atomic mass is 16.1. The third-order valence-electron chi connectivity index (χ3n) is 2.39. The van der Waals surface area contributed by atoms with Crippen molar-refractivity contribution in [3.8, 4) is 0 Å². The first kappa shape index (κ1) is 12.9. The fourth-order valence-corrected chi connectivity index (χ4v) is 1.62. The van der Waals surface area contributed by atoms with Crippen LogP contribution in [0.3, 0.4) is 0 Å². The summed E-state index contributed by atoms with van der Waals surface area (Å²) in [7, 11) is 0. The molecule has 4 heteroatoms. The maximum Gasteiger partial charge on any atom is 0.253 e. The average Bonchev–Trinajstić information content (AvgIpc) is 2.14. The summed E-state index contributed by atoms with van der Waals surface area (Å²) < 4.78 is 1.71. The zero-order valence-electron chi connectivity index (χ0n) is 10.6. The molecule has 0 aliphatic heterocycles. The van der Waals surface area contributed by atoms with Crippen LogP contribution >= 0.6 is 0 Å². The quantitative estimate of drug-likeness (QED) is 0.761.